The Hall–Kier alpha value is -2.61. The number of nitrogens with zero attached hydrogens (tertiary/aromatic N) is 3. The molecule has 1 aliphatic rings. The van der Waals surface area contributed by atoms with Crippen molar-refractivity contribution < 1.29 is 4.79 Å². The fourth-order valence-corrected chi connectivity index (χ4v) is 4.07. The van der Waals surface area contributed by atoms with Crippen molar-refractivity contribution in [2.24, 2.45) is 4.99 Å². The second-order valence-electron chi connectivity index (χ2n) is 7.00. The largest absolute Gasteiger partial charge is 0.356 e. The summed E-state index contributed by atoms with van der Waals surface area (Å²) in [5, 5.41) is 10.8. The van der Waals surface area contributed by atoms with Gasteiger partial charge in [0.2, 0.25) is 0 Å². The molecule has 0 atom stereocenters. The fraction of sp³-hybridized carbons (Fsp3) is 0.476. The number of aryl methyl sites for hydroxylation is 1. The first kappa shape index (κ1) is 21.1. The van der Waals surface area contributed by atoms with Crippen LogP contribution in [0.25, 0.3) is 0 Å². The van der Waals surface area contributed by atoms with Crippen LogP contribution in [-0.2, 0) is 19.4 Å². The Balaban J connectivity index is 1.44. The van der Waals surface area contributed by atoms with Gasteiger partial charge in [0.15, 0.2) is 5.96 Å². The van der Waals surface area contributed by atoms with Crippen LogP contribution < -0.4 is 16.0 Å². The minimum absolute atomic E-state index is 0.0153. The van der Waals surface area contributed by atoms with Gasteiger partial charge in [0.25, 0.3) is 0 Å². The van der Waals surface area contributed by atoms with Crippen LogP contribution in [0.5, 0.6) is 0 Å². The van der Waals surface area contributed by atoms with Gasteiger partial charge in [-0.1, -0.05) is 19.1 Å². The maximum absolute atomic E-state index is 12.3. The number of carbonyl (C=O) groups excluding carboxylic acids is 1. The van der Waals surface area contributed by atoms with Gasteiger partial charge < -0.3 is 20.9 Å². The van der Waals surface area contributed by atoms with Crippen molar-refractivity contribution in [2.45, 2.75) is 39.2 Å². The Bertz CT molecular complexity index is 828. The van der Waals surface area contributed by atoms with Crippen LogP contribution >= 0.6 is 11.3 Å². The molecule has 29 heavy (non-hydrogen) atoms. The summed E-state index contributed by atoms with van der Waals surface area (Å²) in [5.41, 5.74) is 1.90. The average Bonchev–Trinajstić information content (AvgIpc) is 3.43. The lowest BCUT2D eigenvalue weighted by Gasteiger charge is -2.17. The molecule has 0 bridgehead atoms. The molecule has 3 rings (SSSR count). The van der Waals surface area contributed by atoms with Gasteiger partial charge in [-0.15, -0.1) is 11.3 Å². The number of amides is 2. The smallest absolute Gasteiger partial charge is 0.321 e. The minimum atomic E-state index is -0.0153. The predicted octanol–water partition coefficient (Wildman–Crippen LogP) is 3.24. The van der Waals surface area contributed by atoms with Crippen LogP contribution in [0.1, 0.15) is 35.2 Å². The molecule has 0 spiro atoms. The van der Waals surface area contributed by atoms with Crippen molar-refractivity contribution in [1.29, 1.82) is 0 Å². The topological polar surface area (TPSA) is 81.6 Å². The summed E-state index contributed by atoms with van der Waals surface area (Å²) in [6.07, 6.45) is 6.05. The van der Waals surface area contributed by atoms with E-state index < -0.39 is 0 Å². The molecule has 0 radical (unpaired) electrons. The maximum Gasteiger partial charge on any atom is 0.321 e. The average molecular weight is 415 g/mol. The van der Waals surface area contributed by atoms with Crippen molar-refractivity contribution in [3.63, 3.8) is 0 Å². The van der Waals surface area contributed by atoms with E-state index in [4.69, 9.17) is 0 Å². The van der Waals surface area contributed by atoms with E-state index in [0.29, 0.717) is 6.54 Å². The molecule has 2 heterocycles. The molecule has 3 N–H and O–H groups in total. The predicted molar refractivity (Wildman–Crippen MR) is 120 cm³/mol. The molecule has 2 amide bonds. The molecule has 1 fully saturated rings. The van der Waals surface area contributed by atoms with E-state index in [0.717, 1.165) is 67.5 Å². The van der Waals surface area contributed by atoms with E-state index in [9.17, 15) is 4.79 Å². The highest BCUT2D eigenvalue weighted by Gasteiger charge is 2.17. The molecular weight excluding hydrogens is 384 g/mol. The van der Waals surface area contributed by atoms with Crippen molar-refractivity contribution >= 4 is 29.0 Å². The zero-order valence-corrected chi connectivity index (χ0v) is 18.0. The van der Waals surface area contributed by atoms with Crippen LogP contribution in [0, 0.1) is 0 Å². The van der Waals surface area contributed by atoms with Crippen LogP contribution in [0.2, 0.25) is 0 Å². The van der Waals surface area contributed by atoms with Crippen molar-refractivity contribution in [3.8, 4) is 0 Å². The molecule has 0 saturated carbocycles. The van der Waals surface area contributed by atoms with Gasteiger partial charge >= 0.3 is 6.03 Å². The van der Waals surface area contributed by atoms with Gasteiger partial charge in [0.1, 0.15) is 0 Å². The molecule has 1 saturated heterocycles. The lowest BCUT2D eigenvalue weighted by Crippen LogP contribution is -2.37. The Morgan fingerprint density at radius 3 is 2.83 bits per heavy atom. The van der Waals surface area contributed by atoms with Gasteiger partial charge in [-0.2, -0.15) is 0 Å². The standard InChI is InChI=1S/C21H30N6OS/c1-3-18-15-24-19(29-18)9-10-23-20(22-2)25-14-16-7-6-8-17(13-16)26-21(28)27-11-4-5-12-27/h6-8,13,15H,3-5,9-12,14H2,1-2H3,(H,26,28)(H2,22,23,25). The van der Waals surface area contributed by atoms with Gasteiger partial charge in [0.05, 0.1) is 5.01 Å². The Kier molecular flexibility index (Phi) is 7.86. The summed E-state index contributed by atoms with van der Waals surface area (Å²) in [7, 11) is 1.76. The van der Waals surface area contributed by atoms with Crippen LogP contribution in [0.15, 0.2) is 35.5 Å². The van der Waals surface area contributed by atoms with E-state index in [1.165, 1.54) is 4.88 Å². The number of carbonyl (C=O) groups is 1. The molecule has 0 unspecified atom stereocenters. The molecule has 1 aromatic heterocycles. The number of hydrogen-bond donors (Lipinski definition) is 3. The number of likely N-dealkylation sites (tertiary alicyclic amines) is 1. The van der Waals surface area contributed by atoms with E-state index >= 15 is 0 Å². The Morgan fingerprint density at radius 2 is 2.10 bits per heavy atom. The highest BCUT2D eigenvalue weighted by molar-refractivity contribution is 7.11. The normalized spacial score (nSPS) is 14.1. The molecular formula is C21H30N6OS. The number of rotatable bonds is 7. The number of nitrogens with one attached hydrogen (secondary N) is 3. The number of hydrogen-bond acceptors (Lipinski definition) is 4. The lowest BCUT2D eigenvalue weighted by atomic mass is 10.2. The molecule has 1 aromatic carbocycles. The first-order chi connectivity index (χ1) is 14.2. The number of aromatic nitrogens is 1. The molecule has 156 valence electrons. The second kappa shape index (κ2) is 10.8. The van der Waals surface area contributed by atoms with Crippen molar-refractivity contribution in [2.75, 3.05) is 32.0 Å². The zero-order chi connectivity index (χ0) is 20.5. The van der Waals surface area contributed by atoms with Crippen LogP contribution in [0.4, 0.5) is 10.5 Å². The lowest BCUT2D eigenvalue weighted by molar-refractivity contribution is 0.222. The van der Waals surface area contributed by atoms with Crippen molar-refractivity contribution in [1.82, 2.24) is 20.5 Å². The summed E-state index contributed by atoms with van der Waals surface area (Å²) >= 11 is 1.77. The highest BCUT2D eigenvalue weighted by atomic mass is 32.1. The third-order valence-electron chi connectivity index (χ3n) is 4.84. The van der Waals surface area contributed by atoms with E-state index in [2.05, 4.69) is 32.9 Å². The summed E-state index contributed by atoms with van der Waals surface area (Å²) in [5.74, 6) is 0.753. The third-order valence-corrected chi connectivity index (χ3v) is 6.04. The van der Waals surface area contributed by atoms with Crippen molar-refractivity contribution in [3.05, 3.63) is 45.9 Å². The number of anilines is 1. The number of benzene rings is 1. The number of aliphatic imine (C=N–C) groups is 1. The second-order valence-corrected chi connectivity index (χ2v) is 8.20. The summed E-state index contributed by atoms with van der Waals surface area (Å²) in [6, 6.07) is 7.89. The first-order valence-corrected chi connectivity index (χ1v) is 11.0. The molecule has 8 heteroatoms. The first-order valence-electron chi connectivity index (χ1n) is 10.2. The van der Waals surface area contributed by atoms with Crippen LogP contribution in [0.3, 0.4) is 0 Å². The van der Waals surface area contributed by atoms with Crippen LogP contribution in [-0.4, -0.2) is 48.6 Å². The van der Waals surface area contributed by atoms with E-state index in [-0.39, 0.29) is 6.03 Å². The molecule has 2 aromatic rings. The Morgan fingerprint density at radius 1 is 1.28 bits per heavy atom. The number of urea groups is 1. The monoisotopic (exact) mass is 414 g/mol. The van der Waals surface area contributed by atoms with Gasteiger partial charge in [0, 0.05) is 56.4 Å². The van der Waals surface area contributed by atoms with Gasteiger partial charge in [-0.25, -0.2) is 9.78 Å². The number of guanidine groups is 1. The third kappa shape index (κ3) is 6.45. The van der Waals surface area contributed by atoms with Gasteiger partial charge in [-0.3, -0.25) is 4.99 Å². The summed E-state index contributed by atoms with van der Waals surface area (Å²) < 4.78 is 0. The maximum atomic E-state index is 12.3. The summed E-state index contributed by atoms with van der Waals surface area (Å²) in [4.78, 5) is 24.2. The molecule has 7 nitrogen and oxygen atoms in total. The minimum Gasteiger partial charge on any atom is -0.356 e. The Labute approximate surface area is 176 Å². The van der Waals surface area contributed by atoms with E-state index in [1.54, 1.807) is 18.4 Å². The van der Waals surface area contributed by atoms with E-state index in [1.807, 2.05) is 35.4 Å². The highest BCUT2D eigenvalue weighted by Crippen LogP contribution is 2.15. The fourth-order valence-electron chi connectivity index (χ4n) is 3.20. The SMILES string of the molecule is CCc1cnc(CCNC(=NC)NCc2cccc(NC(=O)N3CCCC3)c2)s1. The summed E-state index contributed by atoms with van der Waals surface area (Å²) in [6.45, 7) is 5.24. The number of thiazole rings is 1. The van der Waals surface area contributed by atoms with Gasteiger partial charge in [-0.05, 0) is 37.0 Å². The zero-order valence-electron chi connectivity index (χ0n) is 17.2. The molecule has 0 aliphatic carbocycles. The molecule has 1 aliphatic heterocycles. The quantitative estimate of drug-likeness (QED) is 0.480.